The summed E-state index contributed by atoms with van der Waals surface area (Å²) < 4.78 is 18.6. The number of halogens is 1. The van der Waals surface area contributed by atoms with Gasteiger partial charge >= 0.3 is 0 Å². The van der Waals surface area contributed by atoms with Crippen LogP contribution in [0.25, 0.3) is 0 Å². The highest BCUT2D eigenvalue weighted by Gasteiger charge is 2.23. The smallest absolute Gasteiger partial charge is 0.228 e. The molecule has 25 heavy (non-hydrogen) atoms. The molecule has 5 heteroatoms. The van der Waals surface area contributed by atoms with Crippen LogP contribution in [0.1, 0.15) is 38.0 Å². The summed E-state index contributed by atoms with van der Waals surface area (Å²) in [6, 6.07) is 10.0. The van der Waals surface area contributed by atoms with E-state index < -0.39 is 5.92 Å². The van der Waals surface area contributed by atoms with Crippen LogP contribution in [0.4, 0.5) is 4.39 Å². The standard InChI is InChI=1S/C20H27FN2O2/c1-4-23(5-2)15(3)14-22-20(24)19(13-18-7-6-12-25-18)16-8-10-17(21)11-9-16/h6-12,15,19H,4-5,13-14H2,1-3H3,(H,22,24). The summed E-state index contributed by atoms with van der Waals surface area (Å²) in [4.78, 5) is 15.1. The van der Waals surface area contributed by atoms with E-state index in [0.717, 1.165) is 24.4 Å². The SMILES string of the molecule is CCN(CC)C(C)CNC(=O)C(Cc1ccco1)c1ccc(F)cc1. The van der Waals surface area contributed by atoms with Crippen LogP contribution in [0, 0.1) is 5.82 Å². The maximum Gasteiger partial charge on any atom is 0.228 e. The van der Waals surface area contributed by atoms with Gasteiger partial charge in [-0.3, -0.25) is 9.69 Å². The Bertz CT molecular complexity index is 636. The van der Waals surface area contributed by atoms with Gasteiger partial charge in [-0.1, -0.05) is 26.0 Å². The molecule has 2 unspecified atom stereocenters. The molecule has 1 N–H and O–H groups in total. The number of benzene rings is 1. The van der Waals surface area contributed by atoms with Crippen LogP contribution in [0.3, 0.4) is 0 Å². The van der Waals surface area contributed by atoms with Crippen molar-refractivity contribution >= 4 is 5.91 Å². The highest BCUT2D eigenvalue weighted by molar-refractivity contribution is 5.83. The van der Waals surface area contributed by atoms with Crippen LogP contribution >= 0.6 is 0 Å². The van der Waals surface area contributed by atoms with Gasteiger partial charge in [0.2, 0.25) is 5.91 Å². The van der Waals surface area contributed by atoms with E-state index in [0.29, 0.717) is 13.0 Å². The first-order valence-electron chi connectivity index (χ1n) is 8.84. The molecule has 136 valence electrons. The molecule has 1 aromatic carbocycles. The third kappa shape index (κ3) is 5.43. The Morgan fingerprint density at radius 3 is 2.44 bits per heavy atom. The Hall–Kier alpha value is -2.14. The average molecular weight is 346 g/mol. The number of carbonyl (C=O) groups excluding carboxylic acids is 1. The summed E-state index contributed by atoms with van der Waals surface area (Å²) in [7, 11) is 0. The zero-order chi connectivity index (χ0) is 18.2. The number of furan rings is 1. The van der Waals surface area contributed by atoms with Crippen molar-refractivity contribution in [3.8, 4) is 0 Å². The Morgan fingerprint density at radius 1 is 1.20 bits per heavy atom. The van der Waals surface area contributed by atoms with Crippen molar-refractivity contribution in [1.29, 1.82) is 0 Å². The Balaban J connectivity index is 2.08. The summed E-state index contributed by atoms with van der Waals surface area (Å²) in [6.07, 6.45) is 2.04. The van der Waals surface area contributed by atoms with Gasteiger partial charge in [-0.25, -0.2) is 4.39 Å². The van der Waals surface area contributed by atoms with Crippen LogP contribution in [0.5, 0.6) is 0 Å². The number of nitrogens with zero attached hydrogens (tertiary/aromatic N) is 1. The molecule has 0 aliphatic carbocycles. The van der Waals surface area contributed by atoms with E-state index in [2.05, 4.69) is 31.0 Å². The highest BCUT2D eigenvalue weighted by Crippen LogP contribution is 2.22. The van der Waals surface area contributed by atoms with Crippen LogP contribution in [0.15, 0.2) is 47.1 Å². The van der Waals surface area contributed by atoms with Crippen molar-refractivity contribution in [3.63, 3.8) is 0 Å². The highest BCUT2D eigenvalue weighted by atomic mass is 19.1. The molecule has 1 amide bonds. The van der Waals surface area contributed by atoms with Gasteiger partial charge in [0, 0.05) is 19.0 Å². The number of amides is 1. The fraction of sp³-hybridized carbons (Fsp3) is 0.450. The van der Waals surface area contributed by atoms with Crippen molar-refractivity contribution in [2.45, 2.75) is 39.2 Å². The second-order valence-corrected chi connectivity index (χ2v) is 6.20. The van der Waals surface area contributed by atoms with Gasteiger partial charge in [-0.05, 0) is 49.8 Å². The first kappa shape index (κ1) is 19.2. The maximum atomic E-state index is 13.2. The number of hydrogen-bond acceptors (Lipinski definition) is 3. The van der Waals surface area contributed by atoms with Gasteiger partial charge in [0.05, 0.1) is 12.2 Å². The average Bonchev–Trinajstić information content (AvgIpc) is 3.13. The first-order valence-corrected chi connectivity index (χ1v) is 8.84. The summed E-state index contributed by atoms with van der Waals surface area (Å²) in [6.45, 7) is 8.80. The van der Waals surface area contributed by atoms with E-state index in [9.17, 15) is 9.18 Å². The lowest BCUT2D eigenvalue weighted by Crippen LogP contribution is -2.43. The molecule has 2 atom stereocenters. The molecule has 0 fully saturated rings. The molecule has 2 aromatic rings. The number of nitrogens with one attached hydrogen (secondary N) is 1. The zero-order valence-electron chi connectivity index (χ0n) is 15.2. The molecule has 4 nitrogen and oxygen atoms in total. The fourth-order valence-electron chi connectivity index (χ4n) is 3.03. The second kappa shape index (κ2) is 9.37. The van der Waals surface area contributed by atoms with Crippen molar-refractivity contribution in [3.05, 3.63) is 59.8 Å². The molecule has 1 heterocycles. The largest absolute Gasteiger partial charge is 0.469 e. The third-order valence-corrected chi connectivity index (χ3v) is 4.58. The molecular formula is C20H27FN2O2. The Kier molecular flexibility index (Phi) is 7.19. The van der Waals surface area contributed by atoms with Gasteiger partial charge < -0.3 is 9.73 Å². The Labute approximate surface area is 149 Å². The second-order valence-electron chi connectivity index (χ2n) is 6.20. The minimum absolute atomic E-state index is 0.0676. The molecule has 0 radical (unpaired) electrons. The number of carbonyl (C=O) groups is 1. The van der Waals surface area contributed by atoms with E-state index in [-0.39, 0.29) is 17.8 Å². The minimum atomic E-state index is -0.407. The van der Waals surface area contributed by atoms with Crippen molar-refractivity contribution in [2.24, 2.45) is 0 Å². The molecular weight excluding hydrogens is 319 g/mol. The van der Waals surface area contributed by atoms with E-state index in [1.807, 2.05) is 6.07 Å². The van der Waals surface area contributed by atoms with Gasteiger partial charge in [0.15, 0.2) is 0 Å². The molecule has 0 saturated heterocycles. The fourth-order valence-corrected chi connectivity index (χ4v) is 3.03. The summed E-state index contributed by atoms with van der Waals surface area (Å²) in [5, 5.41) is 3.04. The Morgan fingerprint density at radius 2 is 1.88 bits per heavy atom. The molecule has 0 bridgehead atoms. The molecule has 0 aliphatic rings. The van der Waals surface area contributed by atoms with E-state index in [4.69, 9.17) is 4.42 Å². The third-order valence-electron chi connectivity index (χ3n) is 4.58. The quantitative estimate of drug-likeness (QED) is 0.755. The monoisotopic (exact) mass is 346 g/mol. The van der Waals surface area contributed by atoms with E-state index in [1.54, 1.807) is 24.5 Å². The molecule has 0 saturated carbocycles. The van der Waals surface area contributed by atoms with Crippen molar-refractivity contribution in [2.75, 3.05) is 19.6 Å². The first-order chi connectivity index (χ1) is 12.0. The van der Waals surface area contributed by atoms with Gasteiger partial charge in [0.25, 0.3) is 0 Å². The summed E-state index contributed by atoms with van der Waals surface area (Å²) in [5.74, 6) is -0.0463. The normalized spacial score (nSPS) is 13.6. The lowest BCUT2D eigenvalue weighted by molar-refractivity contribution is -0.122. The van der Waals surface area contributed by atoms with Crippen LogP contribution in [-0.4, -0.2) is 36.5 Å². The van der Waals surface area contributed by atoms with Gasteiger partial charge in [0.1, 0.15) is 11.6 Å². The topological polar surface area (TPSA) is 45.5 Å². The summed E-state index contributed by atoms with van der Waals surface area (Å²) >= 11 is 0. The lowest BCUT2D eigenvalue weighted by Gasteiger charge is -2.27. The number of likely N-dealkylation sites (N-methyl/N-ethyl adjacent to an activating group) is 1. The van der Waals surface area contributed by atoms with E-state index >= 15 is 0 Å². The van der Waals surface area contributed by atoms with E-state index in [1.165, 1.54) is 12.1 Å². The predicted molar refractivity (Wildman–Crippen MR) is 96.9 cm³/mol. The van der Waals surface area contributed by atoms with Gasteiger partial charge in [-0.2, -0.15) is 0 Å². The summed E-state index contributed by atoms with van der Waals surface area (Å²) in [5.41, 5.74) is 0.783. The van der Waals surface area contributed by atoms with Crippen LogP contribution < -0.4 is 5.32 Å². The lowest BCUT2D eigenvalue weighted by atomic mass is 9.93. The van der Waals surface area contributed by atoms with Crippen molar-refractivity contribution in [1.82, 2.24) is 10.2 Å². The molecule has 2 rings (SSSR count). The van der Waals surface area contributed by atoms with Crippen LogP contribution in [-0.2, 0) is 11.2 Å². The van der Waals surface area contributed by atoms with Gasteiger partial charge in [-0.15, -0.1) is 0 Å². The maximum absolute atomic E-state index is 13.2. The minimum Gasteiger partial charge on any atom is -0.469 e. The van der Waals surface area contributed by atoms with Crippen LogP contribution in [0.2, 0.25) is 0 Å². The molecule has 1 aromatic heterocycles. The zero-order valence-corrected chi connectivity index (χ0v) is 15.2. The molecule has 0 aliphatic heterocycles. The number of hydrogen-bond donors (Lipinski definition) is 1. The van der Waals surface area contributed by atoms with Crippen molar-refractivity contribution < 1.29 is 13.6 Å². The molecule has 0 spiro atoms. The predicted octanol–water partition coefficient (Wildman–Crippen LogP) is 3.59. The number of rotatable bonds is 9.